The van der Waals surface area contributed by atoms with Crippen LogP contribution >= 0.6 is 11.3 Å². The molecule has 6 nitrogen and oxygen atoms in total. The third kappa shape index (κ3) is 3.55. The first-order valence-corrected chi connectivity index (χ1v) is 7.48. The van der Waals surface area contributed by atoms with E-state index in [0.717, 1.165) is 23.7 Å². The molecular formula is C13H19N3O3S. The summed E-state index contributed by atoms with van der Waals surface area (Å²) >= 11 is 1.39. The topological polar surface area (TPSA) is 62.7 Å². The number of aryl methyl sites for hydroxylation is 1. The van der Waals surface area contributed by atoms with Crippen LogP contribution in [0.15, 0.2) is 5.51 Å². The van der Waals surface area contributed by atoms with Crippen molar-refractivity contribution < 1.29 is 14.3 Å². The van der Waals surface area contributed by atoms with Gasteiger partial charge in [0, 0.05) is 32.7 Å². The van der Waals surface area contributed by atoms with Crippen molar-refractivity contribution in [1.82, 2.24) is 14.8 Å². The minimum absolute atomic E-state index is 0.0672. The summed E-state index contributed by atoms with van der Waals surface area (Å²) in [6.07, 6.45) is 0.401. The summed E-state index contributed by atoms with van der Waals surface area (Å²) in [7, 11) is 1.40. The second-order valence-electron chi connectivity index (χ2n) is 4.73. The van der Waals surface area contributed by atoms with Gasteiger partial charge in [0.1, 0.15) is 4.88 Å². The highest BCUT2D eigenvalue weighted by atomic mass is 32.1. The number of ether oxygens (including phenoxy) is 1. The molecule has 0 unspecified atom stereocenters. The Labute approximate surface area is 122 Å². The number of amides is 1. The van der Waals surface area contributed by atoms with Crippen LogP contribution in [0.3, 0.4) is 0 Å². The number of carbonyl (C=O) groups excluding carboxylic acids is 2. The van der Waals surface area contributed by atoms with Crippen LogP contribution in [0.25, 0.3) is 0 Å². The third-order valence-corrected chi connectivity index (χ3v) is 4.38. The van der Waals surface area contributed by atoms with Crippen molar-refractivity contribution in [2.75, 3.05) is 39.8 Å². The number of carbonyl (C=O) groups is 2. The number of aromatic nitrogens is 1. The Morgan fingerprint density at radius 1 is 1.35 bits per heavy atom. The number of methoxy groups -OCH3 is 1. The van der Waals surface area contributed by atoms with Crippen LogP contribution in [-0.4, -0.2) is 66.5 Å². The van der Waals surface area contributed by atoms with E-state index in [1.165, 1.54) is 18.4 Å². The lowest BCUT2D eigenvalue weighted by molar-refractivity contribution is -0.141. The van der Waals surface area contributed by atoms with Crippen LogP contribution in [-0.2, 0) is 9.53 Å². The predicted octanol–water partition coefficient (Wildman–Crippen LogP) is 0.772. The lowest BCUT2D eigenvalue weighted by Gasteiger charge is -2.34. The molecule has 7 heteroatoms. The molecule has 1 amide bonds. The predicted molar refractivity (Wildman–Crippen MR) is 75.8 cm³/mol. The van der Waals surface area contributed by atoms with Gasteiger partial charge in [0.25, 0.3) is 5.91 Å². The van der Waals surface area contributed by atoms with Crippen molar-refractivity contribution in [3.05, 3.63) is 16.1 Å². The molecular weight excluding hydrogens is 278 g/mol. The Bertz CT molecular complexity index is 481. The molecule has 0 N–H and O–H groups in total. The van der Waals surface area contributed by atoms with E-state index in [4.69, 9.17) is 0 Å². The van der Waals surface area contributed by atoms with Gasteiger partial charge in [-0.15, -0.1) is 11.3 Å². The zero-order valence-electron chi connectivity index (χ0n) is 11.8. The summed E-state index contributed by atoms with van der Waals surface area (Å²) in [5, 5.41) is 0. The Kier molecular flexibility index (Phi) is 5.08. The number of piperazine rings is 1. The van der Waals surface area contributed by atoms with Gasteiger partial charge in [-0.05, 0) is 6.92 Å². The monoisotopic (exact) mass is 297 g/mol. The fourth-order valence-electron chi connectivity index (χ4n) is 2.18. The van der Waals surface area contributed by atoms with Crippen LogP contribution in [0.4, 0.5) is 0 Å². The summed E-state index contributed by atoms with van der Waals surface area (Å²) in [5.41, 5.74) is 2.50. The highest BCUT2D eigenvalue weighted by Gasteiger charge is 2.24. The molecule has 0 spiro atoms. The molecule has 0 radical (unpaired) electrons. The highest BCUT2D eigenvalue weighted by Crippen LogP contribution is 2.16. The lowest BCUT2D eigenvalue weighted by Crippen LogP contribution is -2.49. The van der Waals surface area contributed by atoms with Gasteiger partial charge in [0.15, 0.2) is 0 Å². The molecule has 1 fully saturated rings. The summed E-state index contributed by atoms with van der Waals surface area (Å²) < 4.78 is 4.63. The van der Waals surface area contributed by atoms with Crippen molar-refractivity contribution in [1.29, 1.82) is 0 Å². The van der Waals surface area contributed by atoms with Crippen LogP contribution in [0.5, 0.6) is 0 Å². The maximum absolute atomic E-state index is 12.3. The Hall–Kier alpha value is -1.47. The molecule has 1 saturated heterocycles. The van der Waals surface area contributed by atoms with E-state index < -0.39 is 0 Å². The van der Waals surface area contributed by atoms with Gasteiger partial charge in [0.05, 0.1) is 24.7 Å². The molecule has 1 aromatic heterocycles. The number of rotatable bonds is 4. The van der Waals surface area contributed by atoms with Crippen molar-refractivity contribution in [2.24, 2.45) is 0 Å². The van der Waals surface area contributed by atoms with Crippen molar-refractivity contribution in [2.45, 2.75) is 13.3 Å². The number of nitrogens with zero attached hydrogens (tertiary/aromatic N) is 3. The SMILES string of the molecule is COC(=O)CCN1CCN(C(=O)c2scnc2C)CC1. The molecule has 110 valence electrons. The van der Waals surface area contributed by atoms with Crippen molar-refractivity contribution in [3.8, 4) is 0 Å². The number of esters is 1. The maximum Gasteiger partial charge on any atom is 0.306 e. The Morgan fingerprint density at radius 3 is 2.60 bits per heavy atom. The van der Waals surface area contributed by atoms with E-state index in [2.05, 4.69) is 14.6 Å². The van der Waals surface area contributed by atoms with E-state index in [-0.39, 0.29) is 11.9 Å². The van der Waals surface area contributed by atoms with E-state index >= 15 is 0 Å². The average molecular weight is 297 g/mol. The maximum atomic E-state index is 12.3. The minimum atomic E-state index is -0.191. The molecule has 20 heavy (non-hydrogen) atoms. The molecule has 0 saturated carbocycles. The molecule has 0 aromatic carbocycles. The van der Waals surface area contributed by atoms with Gasteiger partial charge in [-0.25, -0.2) is 4.98 Å². The van der Waals surface area contributed by atoms with Crippen LogP contribution in [0.1, 0.15) is 21.8 Å². The van der Waals surface area contributed by atoms with Crippen LogP contribution in [0, 0.1) is 6.92 Å². The van der Waals surface area contributed by atoms with E-state index in [1.807, 2.05) is 11.8 Å². The zero-order chi connectivity index (χ0) is 14.5. The van der Waals surface area contributed by atoms with E-state index in [1.54, 1.807) is 5.51 Å². The minimum Gasteiger partial charge on any atom is -0.469 e. The van der Waals surface area contributed by atoms with Crippen molar-refractivity contribution >= 4 is 23.2 Å². The largest absolute Gasteiger partial charge is 0.469 e. The normalized spacial score (nSPS) is 16.2. The second-order valence-corrected chi connectivity index (χ2v) is 5.58. The van der Waals surface area contributed by atoms with Gasteiger partial charge in [-0.3, -0.25) is 14.5 Å². The van der Waals surface area contributed by atoms with Crippen LogP contribution in [0.2, 0.25) is 0 Å². The van der Waals surface area contributed by atoms with Gasteiger partial charge in [0.2, 0.25) is 0 Å². The Balaban J connectivity index is 1.81. The third-order valence-electron chi connectivity index (χ3n) is 3.46. The van der Waals surface area contributed by atoms with Crippen LogP contribution < -0.4 is 0 Å². The molecule has 0 aliphatic carbocycles. The Morgan fingerprint density at radius 2 is 2.05 bits per heavy atom. The molecule has 1 aromatic rings. The molecule has 2 heterocycles. The summed E-state index contributed by atoms with van der Waals surface area (Å²) in [5.74, 6) is -0.124. The van der Waals surface area contributed by atoms with Crippen molar-refractivity contribution in [3.63, 3.8) is 0 Å². The van der Waals surface area contributed by atoms with Gasteiger partial charge >= 0.3 is 5.97 Å². The number of thiazole rings is 1. The quantitative estimate of drug-likeness (QED) is 0.768. The van der Waals surface area contributed by atoms with Gasteiger partial charge in [-0.2, -0.15) is 0 Å². The first-order chi connectivity index (χ1) is 9.61. The summed E-state index contributed by atoms with van der Waals surface area (Å²) in [6, 6.07) is 0. The second kappa shape index (κ2) is 6.81. The van der Waals surface area contributed by atoms with Gasteiger partial charge < -0.3 is 9.64 Å². The lowest BCUT2D eigenvalue weighted by atomic mass is 10.2. The first kappa shape index (κ1) is 14.9. The van der Waals surface area contributed by atoms with Gasteiger partial charge in [-0.1, -0.05) is 0 Å². The van der Waals surface area contributed by atoms with E-state index in [9.17, 15) is 9.59 Å². The molecule has 1 aliphatic heterocycles. The zero-order valence-corrected chi connectivity index (χ0v) is 12.6. The standard InChI is InChI=1S/C13H19N3O3S/c1-10-12(20-9-14-10)13(18)16-7-5-15(6-8-16)4-3-11(17)19-2/h9H,3-8H2,1-2H3. The smallest absolute Gasteiger partial charge is 0.306 e. The summed E-state index contributed by atoms with van der Waals surface area (Å²) in [4.78, 5) is 32.3. The highest BCUT2D eigenvalue weighted by molar-refractivity contribution is 7.11. The average Bonchev–Trinajstić information content (AvgIpc) is 2.90. The summed E-state index contributed by atoms with van der Waals surface area (Å²) in [6.45, 7) is 5.51. The fraction of sp³-hybridized carbons (Fsp3) is 0.615. The molecule has 2 rings (SSSR count). The molecule has 1 aliphatic rings. The fourth-order valence-corrected chi connectivity index (χ4v) is 2.95. The molecule has 0 atom stereocenters. The van der Waals surface area contributed by atoms with E-state index in [0.29, 0.717) is 26.1 Å². The first-order valence-electron chi connectivity index (χ1n) is 6.60. The number of hydrogen-bond donors (Lipinski definition) is 0. The number of hydrogen-bond acceptors (Lipinski definition) is 6. The molecule has 0 bridgehead atoms.